The minimum Gasteiger partial charge on any atom is -0.495 e. The molecule has 0 fully saturated rings. The van der Waals surface area contributed by atoms with Crippen molar-refractivity contribution in [3.05, 3.63) is 53.6 Å². The van der Waals surface area contributed by atoms with Gasteiger partial charge in [-0.05, 0) is 42.5 Å². The lowest BCUT2D eigenvalue weighted by atomic mass is 10.1. The monoisotopic (exact) mass is 431 g/mol. The number of halogens is 3. The highest BCUT2D eigenvalue weighted by Crippen LogP contribution is 2.29. The molecule has 156 valence electrons. The second-order valence-electron chi connectivity index (χ2n) is 5.72. The number of amides is 2. The van der Waals surface area contributed by atoms with Crippen LogP contribution in [-0.2, 0) is 21.0 Å². The van der Waals surface area contributed by atoms with Crippen molar-refractivity contribution in [2.75, 3.05) is 19.0 Å². The summed E-state index contributed by atoms with van der Waals surface area (Å²) in [5, 5.41) is 9.69. The predicted octanol–water partition coefficient (Wildman–Crippen LogP) is 1.73. The maximum absolute atomic E-state index is 12.5. The van der Waals surface area contributed by atoms with Gasteiger partial charge in [0, 0.05) is 11.3 Å². The zero-order chi connectivity index (χ0) is 21.8. The van der Waals surface area contributed by atoms with Crippen molar-refractivity contribution in [3.8, 4) is 5.75 Å². The Kier molecular flexibility index (Phi) is 6.49. The van der Waals surface area contributed by atoms with E-state index in [1.807, 2.05) is 0 Å². The Hall–Kier alpha value is -3.12. The van der Waals surface area contributed by atoms with E-state index in [0.29, 0.717) is 0 Å². The first kappa shape index (κ1) is 22.2. The Labute approximate surface area is 163 Å². The van der Waals surface area contributed by atoms with Gasteiger partial charge in [-0.1, -0.05) is 0 Å². The molecule has 0 aliphatic heterocycles. The number of nitrogens with two attached hydrogens (primary N) is 1. The van der Waals surface area contributed by atoms with E-state index in [4.69, 9.17) is 9.88 Å². The number of rotatable bonds is 6. The molecule has 0 aliphatic rings. The summed E-state index contributed by atoms with van der Waals surface area (Å²) >= 11 is 0. The molecule has 0 unspecified atom stereocenters. The highest BCUT2D eigenvalue weighted by molar-refractivity contribution is 7.89. The van der Waals surface area contributed by atoms with Crippen LogP contribution in [0.4, 0.5) is 18.9 Å². The van der Waals surface area contributed by atoms with E-state index in [2.05, 4.69) is 10.6 Å². The number of hydrogen-bond acceptors (Lipinski definition) is 5. The van der Waals surface area contributed by atoms with Crippen molar-refractivity contribution in [2.45, 2.75) is 11.1 Å². The van der Waals surface area contributed by atoms with Crippen LogP contribution in [0, 0.1) is 0 Å². The molecule has 0 spiro atoms. The molecular weight excluding hydrogens is 415 g/mol. The molecule has 2 aromatic rings. The SMILES string of the molecule is COc1ccc(NC(=O)CNC(=O)c2ccc(C(F)(F)F)cc2)cc1S(N)(=O)=O. The molecule has 0 aromatic heterocycles. The van der Waals surface area contributed by atoms with Crippen molar-refractivity contribution in [2.24, 2.45) is 5.14 Å². The summed E-state index contributed by atoms with van der Waals surface area (Å²) in [5.74, 6) is -1.47. The molecular formula is C17H16F3N3O5S. The lowest BCUT2D eigenvalue weighted by Gasteiger charge is -2.11. The van der Waals surface area contributed by atoms with E-state index in [1.54, 1.807) is 0 Å². The molecule has 0 saturated carbocycles. The summed E-state index contributed by atoms with van der Waals surface area (Å²) in [5.41, 5.74) is -0.882. The van der Waals surface area contributed by atoms with Gasteiger partial charge < -0.3 is 15.4 Å². The number of ether oxygens (including phenoxy) is 1. The summed E-state index contributed by atoms with van der Waals surface area (Å²) in [7, 11) is -2.86. The number of methoxy groups -OCH3 is 1. The molecule has 0 bridgehead atoms. The Balaban J connectivity index is 2.00. The number of carbonyl (C=O) groups excluding carboxylic acids is 2. The van der Waals surface area contributed by atoms with Gasteiger partial charge in [-0.15, -0.1) is 0 Å². The number of anilines is 1. The zero-order valence-corrected chi connectivity index (χ0v) is 15.7. The van der Waals surface area contributed by atoms with E-state index in [0.717, 1.165) is 30.3 Å². The maximum atomic E-state index is 12.5. The van der Waals surface area contributed by atoms with Crippen molar-refractivity contribution < 1.29 is 35.9 Å². The number of alkyl halides is 3. The summed E-state index contributed by atoms with van der Waals surface area (Å²) in [6.45, 7) is -0.503. The first-order valence-electron chi connectivity index (χ1n) is 7.88. The fraction of sp³-hybridized carbons (Fsp3) is 0.176. The van der Waals surface area contributed by atoms with Crippen LogP contribution in [0.3, 0.4) is 0 Å². The fourth-order valence-corrected chi connectivity index (χ4v) is 2.98. The van der Waals surface area contributed by atoms with E-state index < -0.39 is 40.1 Å². The van der Waals surface area contributed by atoms with Crippen molar-refractivity contribution in [1.29, 1.82) is 0 Å². The average Bonchev–Trinajstić information content (AvgIpc) is 2.64. The minimum absolute atomic E-state index is 0.0129. The second kappa shape index (κ2) is 8.49. The highest BCUT2D eigenvalue weighted by atomic mass is 32.2. The van der Waals surface area contributed by atoms with Crippen LogP contribution in [-0.4, -0.2) is 33.9 Å². The van der Waals surface area contributed by atoms with Gasteiger partial charge in [0.25, 0.3) is 5.91 Å². The standard InChI is InChI=1S/C17H16F3N3O5S/c1-28-13-7-6-12(8-14(13)29(21,26)27)23-15(24)9-22-16(25)10-2-4-11(5-3-10)17(18,19)20/h2-8H,9H2,1H3,(H,22,25)(H,23,24)(H2,21,26,27). The van der Waals surface area contributed by atoms with Crippen LogP contribution in [0.1, 0.15) is 15.9 Å². The molecule has 2 amide bonds. The Morgan fingerprint density at radius 1 is 1.10 bits per heavy atom. The predicted molar refractivity (Wildman–Crippen MR) is 96.8 cm³/mol. The third-order valence-corrected chi connectivity index (χ3v) is 4.57. The average molecular weight is 431 g/mol. The third kappa shape index (κ3) is 5.93. The van der Waals surface area contributed by atoms with Crippen LogP contribution in [0.15, 0.2) is 47.4 Å². The maximum Gasteiger partial charge on any atom is 0.416 e. The number of sulfonamides is 1. The molecule has 2 aromatic carbocycles. The summed E-state index contributed by atoms with van der Waals surface area (Å²) in [4.78, 5) is 23.6. The largest absolute Gasteiger partial charge is 0.495 e. The van der Waals surface area contributed by atoms with Gasteiger partial charge in [0.05, 0.1) is 19.2 Å². The third-order valence-electron chi connectivity index (χ3n) is 3.64. The van der Waals surface area contributed by atoms with Crippen molar-refractivity contribution in [3.63, 3.8) is 0 Å². The second-order valence-corrected chi connectivity index (χ2v) is 7.25. The number of benzene rings is 2. The highest BCUT2D eigenvalue weighted by Gasteiger charge is 2.30. The normalized spacial score (nSPS) is 11.6. The molecule has 0 aliphatic carbocycles. The van der Waals surface area contributed by atoms with Gasteiger partial charge in [0.1, 0.15) is 10.6 Å². The molecule has 8 nitrogen and oxygen atoms in total. The van der Waals surface area contributed by atoms with Gasteiger partial charge in [-0.2, -0.15) is 13.2 Å². The fourth-order valence-electron chi connectivity index (χ4n) is 2.26. The quantitative estimate of drug-likeness (QED) is 0.642. The lowest BCUT2D eigenvalue weighted by Crippen LogP contribution is -2.32. The van der Waals surface area contributed by atoms with E-state index in [9.17, 15) is 31.2 Å². The molecule has 0 atom stereocenters. The molecule has 2 rings (SSSR count). The minimum atomic E-state index is -4.52. The first-order chi connectivity index (χ1) is 13.4. The van der Waals surface area contributed by atoms with Crippen LogP contribution in [0.25, 0.3) is 0 Å². The molecule has 0 radical (unpaired) electrons. The summed E-state index contributed by atoms with van der Waals surface area (Å²) in [6.07, 6.45) is -4.52. The van der Waals surface area contributed by atoms with E-state index in [-0.39, 0.29) is 21.9 Å². The lowest BCUT2D eigenvalue weighted by molar-refractivity contribution is -0.137. The molecule has 29 heavy (non-hydrogen) atoms. The van der Waals surface area contributed by atoms with Gasteiger partial charge in [0.15, 0.2) is 0 Å². The zero-order valence-electron chi connectivity index (χ0n) is 14.9. The van der Waals surface area contributed by atoms with Crippen molar-refractivity contribution in [1.82, 2.24) is 5.32 Å². The number of carbonyl (C=O) groups is 2. The van der Waals surface area contributed by atoms with Crippen LogP contribution < -0.4 is 20.5 Å². The summed E-state index contributed by atoms with van der Waals surface area (Å²) < 4.78 is 65.6. The Morgan fingerprint density at radius 2 is 1.72 bits per heavy atom. The van der Waals surface area contributed by atoms with Crippen molar-refractivity contribution >= 4 is 27.5 Å². The van der Waals surface area contributed by atoms with E-state index in [1.165, 1.54) is 19.2 Å². The van der Waals surface area contributed by atoms with E-state index >= 15 is 0 Å². The number of nitrogens with one attached hydrogen (secondary N) is 2. The van der Waals surface area contributed by atoms with Crippen LogP contribution in [0.5, 0.6) is 5.75 Å². The summed E-state index contributed by atoms with van der Waals surface area (Å²) in [6, 6.07) is 7.21. The molecule has 0 saturated heterocycles. The van der Waals surface area contributed by atoms with Gasteiger partial charge in [0.2, 0.25) is 15.9 Å². The molecule has 4 N–H and O–H groups in total. The van der Waals surface area contributed by atoms with Crippen LogP contribution in [0.2, 0.25) is 0 Å². The topological polar surface area (TPSA) is 128 Å². The molecule has 12 heteroatoms. The Morgan fingerprint density at radius 3 is 2.24 bits per heavy atom. The van der Waals surface area contributed by atoms with Gasteiger partial charge in [-0.3, -0.25) is 9.59 Å². The smallest absolute Gasteiger partial charge is 0.416 e. The van der Waals surface area contributed by atoms with Gasteiger partial charge in [-0.25, -0.2) is 13.6 Å². The number of hydrogen-bond donors (Lipinski definition) is 3. The Bertz CT molecular complexity index is 1020. The van der Waals surface area contributed by atoms with Crippen LogP contribution >= 0.6 is 0 Å². The number of primary sulfonamides is 1. The first-order valence-corrected chi connectivity index (χ1v) is 9.42. The van der Waals surface area contributed by atoms with Gasteiger partial charge >= 0.3 is 6.18 Å². The molecule has 0 heterocycles.